The second-order valence-corrected chi connectivity index (χ2v) is 9.48. The first-order chi connectivity index (χ1) is 20.0. The van der Waals surface area contributed by atoms with E-state index >= 15 is 0 Å². The number of carbonyl (C=O) groups excluding carboxylic acids is 3. The van der Waals surface area contributed by atoms with Gasteiger partial charge in [-0.3, -0.25) is 24.2 Å². The topological polar surface area (TPSA) is 281 Å². The SMILES string of the molecule is NC(N)=NCCCC(NC(=O)C(N)CCC(=O)O)C(=O)NC(Cc1ccccc1)C(=O)NC(Cc1cnc[nH]1)C(=O)O. The first kappa shape index (κ1) is 33.2. The number of rotatable bonds is 18. The lowest BCUT2D eigenvalue weighted by molar-refractivity contribution is -0.142. The first-order valence-electron chi connectivity index (χ1n) is 13.1. The van der Waals surface area contributed by atoms with Gasteiger partial charge in [-0.25, -0.2) is 9.78 Å². The van der Waals surface area contributed by atoms with Crippen molar-refractivity contribution in [3.05, 3.63) is 54.1 Å². The lowest BCUT2D eigenvalue weighted by atomic mass is 10.0. The van der Waals surface area contributed by atoms with Crippen molar-refractivity contribution in [2.45, 2.75) is 62.7 Å². The minimum absolute atomic E-state index is 0.0155. The highest BCUT2D eigenvalue weighted by Gasteiger charge is 2.30. The Morgan fingerprint density at radius 1 is 0.881 bits per heavy atom. The molecule has 228 valence electrons. The van der Waals surface area contributed by atoms with E-state index in [1.165, 1.54) is 12.5 Å². The minimum Gasteiger partial charge on any atom is -0.481 e. The van der Waals surface area contributed by atoms with Crippen LogP contribution in [0.3, 0.4) is 0 Å². The zero-order valence-electron chi connectivity index (χ0n) is 22.9. The summed E-state index contributed by atoms with van der Waals surface area (Å²) >= 11 is 0. The molecule has 12 N–H and O–H groups in total. The molecule has 3 amide bonds. The van der Waals surface area contributed by atoms with Gasteiger partial charge in [-0.1, -0.05) is 30.3 Å². The van der Waals surface area contributed by atoms with Gasteiger partial charge in [0.2, 0.25) is 17.7 Å². The molecule has 0 aliphatic carbocycles. The number of amides is 3. The Balaban J connectivity index is 2.23. The second kappa shape index (κ2) is 17.0. The lowest BCUT2D eigenvalue weighted by Gasteiger charge is -2.25. The molecule has 2 rings (SSSR count). The van der Waals surface area contributed by atoms with Crippen LogP contribution in [0.2, 0.25) is 0 Å². The number of carboxylic acid groups (broad SMARTS) is 2. The van der Waals surface area contributed by atoms with Gasteiger partial charge in [0.15, 0.2) is 5.96 Å². The summed E-state index contributed by atoms with van der Waals surface area (Å²) in [5.41, 5.74) is 17.7. The predicted octanol–water partition coefficient (Wildman–Crippen LogP) is -2.02. The van der Waals surface area contributed by atoms with Crippen molar-refractivity contribution in [3.8, 4) is 0 Å². The van der Waals surface area contributed by atoms with Crippen LogP contribution in [0.25, 0.3) is 0 Å². The van der Waals surface area contributed by atoms with Crippen molar-refractivity contribution in [3.63, 3.8) is 0 Å². The summed E-state index contributed by atoms with van der Waals surface area (Å²) in [7, 11) is 0. The molecule has 16 nitrogen and oxygen atoms in total. The first-order valence-corrected chi connectivity index (χ1v) is 13.1. The summed E-state index contributed by atoms with van der Waals surface area (Å²) in [6.07, 6.45) is 2.56. The summed E-state index contributed by atoms with van der Waals surface area (Å²) in [6.45, 7) is 0.148. The number of hydrogen-bond acceptors (Lipinski definition) is 8. The molecule has 1 aromatic carbocycles. The lowest BCUT2D eigenvalue weighted by Crippen LogP contribution is -2.57. The number of aliphatic carboxylic acids is 2. The number of hydrogen-bond donors (Lipinski definition) is 9. The van der Waals surface area contributed by atoms with Crippen molar-refractivity contribution in [1.29, 1.82) is 0 Å². The molecule has 0 spiro atoms. The van der Waals surface area contributed by atoms with Crippen molar-refractivity contribution >= 4 is 35.6 Å². The summed E-state index contributed by atoms with van der Waals surface area (Å²) < 4.78 is 0. The molecule has 0 aliphatic rings. The number of aliphatic imine (C=N–C) groups is 1. The predicted molar refractivity (Wildman–Crippen MR) is 151 cm³/mol. The third-order valence-electron chi connectivity index (χ3n) is 6.09. The van der Waals surface area contributed by atoms with Gasteiger partial charge in [-0.15, -0.1) is 0 Å². The van der Waals surface area contributed by atoms with Crippen LogP contribution in [0.1, 0.15) is 36.9 Å². The molecule has 0 bridgehead atoms. The quantitative estimate of drug-likeness (QED) is 0.0521. The standard InChI is InChI=1S/C26H37N9O7/c27-17(8-9-21(36)37)22(38)33-18(7-4-10-31-26(28)29)23(39)34-19(11-15-5-2-1-3-6-15)24(40)35-20(25(41)42)12-16-13-30-14-32-16/h1-3,5-6,13-14,17-20H,4,7-12,27H2,(H,30,32)(H,33,38)(H,34,39)(H,35,40)(H,36,37)(H,41,42)(H4,28,29,31). The van der Waals surface area contributed by atoms with E-state index in [0.717, 1.165) is 0 Å². The van der Waals surface area contributed by atoms with E-state index in [0.29, 0.717) is 11.3 Å². The molecule has 42 heavy (non-hydrogen) atoms. The third kappa shape index (κ3) is 12.0. The maximum Gasteiger partial charge on any atom is 0.326 e. The van der Waals surface area contributed by atoms with Crippen LogP contribution < -0.4 is 33.2 Å². The fourth-order valence-corrected chi connectivity index (χ4v) is 3.88. The molecule has 0 saturated carbocycles. The Morgan fingerprint density at radius 2 is 1.52 bits per heavy atom. The molecule has 2 aromatic rings. The van der Waals surface area contributed by atoms with Gasteiger partial charge in [0.1, 0.15) is 18.1 Å². The average molecular weight is 588 g/mol. The largest absolute Gasteiger partial charge is 0.481 e. The number of aromatic amines is 1. The van der Waals surface area contributed by atoms with Gasteiger partial charge in [0, 0.05) is 37.7 Å². The summed E-state index contributed by atoms with van der Waals surface area (Å²) in [4.78, 5) is 72.7. The van der Waals surface area contributed by atoms with Crippen LogP contribution in [-0.4, -0.2) is 86.5 Å². The van der Waals surface area contributed by atoms with Crippen LogP contribution in [-0.2, 0) is 36.8 Å². The molecule has 0 saturated heterocycles. The fraction of sp³-hybridized carbons (Fsp3) is 0.423. The van der Waals surface area contributed by atoms with Gasteiger partial charge in [-0.2, -0.15) is 0 Å². The molecule has 1 aromatic heterocycles. The van der Waals surface area contributed by atoms with Crippen LogP contribution in [0.4, 0.5) is 0 Å². The van der Waals surface area contributed by atoms with Gasteiger partial charge in [0.25, 0.3) is 0 Å². The van der Waals surface area contributed by atoms with Gasteiger partial charge < -0.3 is 48.3 Å². The monoisotopic (exact) mass is 587 g/mol. The van der Waals surface area contributed by atoms with Crippen molar-refractivity contribution in [1.82, 2.24) is 25.9 Å². The van der Waals surface area contributed by atoms with E-state index in [4.69, 9.17) is 22.3 Å². The zero-order valence-corrected chi connectivity index (χ0v) is 22.9. The number of H-pyrrole nitrogens is 1. The van der Waals surface area contributed by atoms with Crippen LogP contribution in [0.5, 0.6) is 0 Å². The number of guanidine groups is 1. The molecular weight excluding hydrogens is 550 g/mol. The molecule has 16 heteroatoms. The number of imidazole rings is 1. The van der Waals surface area contributed by atoms with Crippen LogP contribution in [0, 0.1) is 0 Å². The number of nitrogens with zero attached hydrogens (tertiary/aromatic N) is 2. The average Bonchev–Trinajstić information content (AvgIpc) is 3.46. The van der Waals surface area contributed by atoms with Crippen LogP contribution >= 0.6 is 0 Å². The molecular formula is C26H37N9O7. The third-order valence-corrected chi connectivity index (χ3v) is 6.09. The highest BCUT2D eigenvalue weighted by atomic mass is 16.4. The summed E-state index contributed by atoms with van der Waals surface area (Å²) in [6, 6.07) is 3.81. The molecule has 4 unspecified atom stereocenters. The number of nitrogens with two attached hydrogens (primary N) is 3. The Hall–Kier alpha value is -4.99. The maximum absolute atomic E-state index is 13.4. The molecule has 0 fully saturated rings. The molecule has 0 radical (unpaired) electrons. The molecule has 4 atom stereocenters. The summed E-state index contributed by atoms with van der Waals surface area (Å²) in [5.74, 6) is -4.83. The van der Waals surface area contributed by atoms with E-state index in [9.17, 15) is 29.1 Å². The number of carbonyl (C=O) groups is 5. The van der Waals surface area contributed by atoms with Crippen molar-refractivity contribution < 1.29 is 34.2 Å². The summed E-state index contributed by atoms with van der Waals surface area (Å²) in [5, 5.41) is 26.2. The highest BCUT2D eigenvalue weighted by molar-refractivity contribution is 5.94. The second-order valence-electron chi connectivity index (χ2n) is 9.48. The molecule has 1 heterocycles. The molecule has 0 aliphatic heterocycles. The fourth-order valence-electron chi connectivity index (χ4n) is 3.88. The van der Waals surface area contributed by atoms with Crippen molar-refractivity contribution in [2.75, 3.05) is 6.54 Å². The van der Waals surface area contributed by atoms with E-state index in [1.807, 2.05) is 0 Å². The van der Waals surface area contributed by atoms with E-state index in [2.05, 4.69) is 30.9 Å². The zero-order chi connectivity index (χ0) is 31.1. The Bertz CT molecular complexity index is 1220. The number of nitrogens with one attached hydrogen (secondary N) is 4. The Kier molecular flexibility index (Phi) is 13.4. The van der Waals surface area contributed by atoms with Gasteiger partial charge in [0.05, 0.1) is 12.4 Å². The number of benzene rings is 1. The Labute approximate surface area is 241 Å². The van der Waals surface area contributed by atoms with E-state index in [-0.39, 0.29) is 51.0 Å². The maximum atomic E-state index is 13.4. The van der Waals surface area contributed by atoms with E-state index in [1.54, 1.807) is 30.3 Å². The van der Waals surface area contributed by atoms with Gasteiger partial charge in [-0.05, 0) is 24.8 Å². The minimum atomic E-state index is -1.32. The van der Waals surface area contributed by atoms with Crippen molar-refractivity contribution in [2.24, 2.45) is 22.2 Å². The number of aromatic nitrogens is 2. The van der Waals surface area contributed by atoms with Crippen LogP contribution in [0.15, 0.2) is 47.8 Å². The van der Waals surface area contributed by atoms with E-state index < -0.39 is 53.8 Å². The Morgan fingerprint density at radius 3 is 2.12 bits per heavy atom. The smallest absolute Gasteiger partial charge is 0.326 e. The number of carboxylic acids is 2. The highest BCUT2D eigenvalue weighted by Crippen LogP contribution is 2.08. The normalized spacial score (nSPS) is 13.5. The van der Waals surface area contributed by atoms with Gasteiger partial charge >= 0.3 is 11.9 Å².